The van der Waals surface area contributed by atoms with Crippen LogP contribution in [0.2, 0.25) is 0 Å². The van der Waals surface area contributed by atoms with Gasteiger partial charge in [0.15, 0.2) is 5.78 Å². The minimum absolute atomic E-state index is 0.0560. The van der Waals surface area contributed by atoms with E-state index in [1.807, 2.05) is 0 Å². The molecule has 2 unspecified atom stereocenters. The van der Waals surface area contributed by atoms with Gasteiger partial charge in [0.1, 0.15) is 5.69 Å². The van der Waals surface area contributed by atoms with E-state index < -0.39 is 39.9 Å². The average molecular weight is 331 g/mol. The van der Waals surface area contributed by atoms with Crippen molar-refractivity contribution in [1.82, 2.24) is 4.98 Å². The molecule has 0 amide bonds. The lowest BCUT2D eigenvalue weighted by Crippen LogP contribution is -2.42. The molecule has 120 valence electrons. The van der Waals surface area contributed by atoms with Gasteiger partial charge in [-0.2, -0.15) is 13.2 Å². The highest BCUT2D eigenvalue weighted by Gasteiger charge is 2.43. The molecule has 2 aliphatic rings. The number of halogens is 3. The molecule has 1 aromatic heterocycles. The van der Waals surface area contributed by atoms with E-state index in [0.29, 0.717) is 12.8 Å². The third-order valence-corrected chi connectivity index (χ3v) is 6.69. The summed E-state index contributed by atoms with van der Waals surface area (Å²) >= 11 is 0. The van der Waals surface area contributed by atoms with Crippen LogP contribution in [-0.4, -0.2) is 25.5 Å². The Hall–Kier alpha value is -1.24. The Bertz CT molecular complexity index is 601. The van der Waals surface area contributed by atoms with E-state index >= 15 is 0 Å². The van der Waals surface area contributed by atoms with Crippen molar-refractivity contribution in [3.63, 3.8) is 0 Å². The highest BCUT2D eigenvalue weighted by Crippen LogP contribution is 2.39. The number of hydrogen-bond donors (Lipinski definition) is 0. The molecule has 2 aliphatic heterocycles. The zero-order valence-electron chi connectivity index (χ0n) is 11.8. The van der Waals surface area contributed by atoms with Gasteiger partial charge in [0.05, 0.1) is 5.56 Å². The van der Waals surface area contributed by atoms with E-state index in [1.165, 1.54) is 12.3 Å². The molecule has 0 aromatic carbocycles. The number of carbonyl (C=O) groups is 1. The second-order valence-electron chi connectivity index (χ2n) is 5.93. The van der Waals surface area contributed by atoms with Crippen molar-refractivity contribution in [2.24, 2.45) is 5.92 Å². The van der Waals surface area contributed by atoms with Crippen LogP contribution in [0.5, 0.6) is 0 Å². The van der Waals surface area contributed by atoms with Crippen LogP contribution >= 0.6 is 0 Å². The number of Topliss-reactive ketones (excluding diaryl/α,β-unsaturated/α-hetero) is 1. The van der Waals surface area contributed by atoms with Gasteiger partial charge in [-0.15, -0.1) is 0 Å². The summed E-state index contributed by atoms with van der Waals surface area (Å²) in [5.41, 5.74) is -1.47. The molecule has 3 nitrogen and oxygen atoms in total. The summed E-state index contributed by atoms with van der Waals surface area (Å²) in [6.07, 6.45) is 0.0182. The van der Waals surface area contributed by atoms with Gasteiger partial charge >= 0.3 is 6.18 Å². The fraction of sp³-hybridized carbons (Fsp3) is 0.600. The molecule has 2 atom stereocenters. The number of nitrogens with zero attached hydrogens (tertiary/aromatic N) is 1. The van der Waals surface area contributed by atoms with Gasteiger partial charge in [0.2, 0.25) is 0 Å². The lowest BCUT2D eigenvalue weighted by Gasteiger charge is -2.37. The molecule has 0 spiro atoms. The van der Waals surface area contributed by atoms with E-state index in [0.717, 1.165) is 25.3 Å². The Morgan fingerprint density at radius 2 is 1.86 bits per heavy atom. The first-order valence-electron chi connectivity index (χ1n) is 7.33. The molecule has 2 saturated heterocycles. The number of pyridine rings is 1. The van der Waals surface area contributed by atoms with Crippen LogP contribution in [0, 0.1) is 5.92 Å². The summed E-state index contributed by atoms with van der Waals surface area (Å²) in [5.74, 6) is -1.05. The van der Waals surface area contributed by atoms with E-state index in [1.54, 1.807) is 0 Å². The predicted molar refractivity (Wildman–Crippen MR) is 75.9 cm³/mol. The molecule has 0 aliphatic carbocycles. The molecule has 0 saturated carbocycles. The standard InChI is InChI=1S/C15H16F3NO2S/c16-15(17,18)12-5-2-6-19-13(12)14(20)9-7-10-3-1-4-11(8-9)22(10)21/h2,5-6,9-11H,1,3-4,7-8H2. The zero-order valence-corrected chi connectivity index (χ0v) is 12.6. The van der Waals surface area contributed by atoms with Gasteiger partial charge in [0, 0.05) is 33.4 Å². The molecule has 0 radical (unpaired) electrons. The SMILES string of the molecule is O=C(c1ncccc1C(F)(F)F)C1CC2CCCC(C1)S2=O. The molecular weight excluding hydrogens is 315 g/mol. The summed E-state index contributed by atoms with van der Waals surface area (Å²) in [6, 6.07) is 2.08. The molecule has 22 heavy (non-hydrogen) atoms. The third-order valence-electron chi connectivity index (χ3n) is 4.52. The van der Waals surface area contributed by atoms with Crippen molar-refractivity contribution in [2.45, 2.75) is 48.8 Å². The van der Waals surface area contributed by atoms with Crippen LogP contribution < -0.4 is 0 Å². The first kappa shape index (κ1) is 15.6. The van der Waals surface area contributed by atoms with Crippen LogP contribution in [0.1, 0.15) is 48.2 Å². The summed E-state index contributed by atoms with van der Waals surface area (Å²) in [6.45, 7) is 0. The number of hydrogen-bond acceptors (Lipinski definition) is 3. The number of aromatic nitrogens is 1. The lowest BCUT2D eigenvalue weighted by molar-refractivity contribution is -0.138. The van der Waals surface area contributed by atoms with Crippen molar-refractivity contribution in [2.75, 3.05) is 0 Å². The normalized spacial score (nSPS) is 31.8. The Kier molecular flexibility index (Phi) is 4.09. The first-order chi connectivity index (χ1) is 10.4. The quantitative estimate of drug-likeness (QED) is 0.781. The van der Waals surface area contributed by atoms with Gasteiger partial charge in [-0.1, -0.05) is 6.42 Å². The van der Waals surface area contributed by atoms with Crippen molar-refractivity contribution in [1.29, 1.82) is 0 Å². The molecule has 1 aromatic rings. The van der Waals surface area contributed by atoms with Gasteiger partial charge in [0.25, 0.3) is 0 Å². The number of ketones is 1. The molecule has 7 heteroatoms. The van der Waals surface area contributed by atoms with Crippen LogP contribution in [0.15, 0.2) is 18.3 Å². The molecular formula is C15H16F3NO2S. The monoisotopic (exact) mass is 331 g/mol. The maximum absolute atomic E-state index is 13.0. The smallest absolute Gasteiger partial charge is 0.292 e. The molecule has 0 N–H and O–H groups in total. The average Bonchev–Trinajstić information content (AvgIpc) is 2.45. The summed E-state index contributed by atoms with van der Waals surface area (Å²) < 4.78 is 51.2. The number of rotatable bonds is 2. The Morgan fingerprint density at radius 1 is 1.23 bits per heavy atom. The molecule has 3 rings (SSSR count). The predicted octanol–water partition coefficient (Wildman–Crippen LogP) is 3.36. The first-order valence-corrected chi connectivity index (χ1v) is 8.61. The topological polar surface area (TPSA) is 47.0 Å². The second-order valence-corrected chi connectivity index (χ2v) is 7.92. The Balaban J connectivity index is 1.88. The van der Waals surface area contributed by atoms with Crippen molar-refractivity contribution >= 4 is 16.6 Å². The Labute approximate surface area is 128 Å². The van der Waals surface area contributed by atoms with Gasteiger partial charge in [-0.3, -0.25) is 14.0 Å². The maximum Gasteiger partial charge on any atom is 0.418 e. The summed E-state index contributed by atoms with van der Waals surface area (Å²) in [5, 5.41) is -0.112. The van der Waals surface area contributed by atoms with Crippen LogP contribution in [0.3, 0.4) is 0 Å². The molecule has 2 fully saturated rings. The lowest BCUT2D eigenvalue weighted by atomic mass is 9.85. The van der Waals surface area contributed by atoms with E-state index in [2.05, 4.69) is 4.98 Å². The number of carbonyl (C=O) groups excluding carboxylic acids is 1. The third kappa shape index (κ3) is 2.83. The summed E-state index contributed by atoms with van der Waals surface area (Å²) in [4.78, 5) is 16.2. The highest BCUT2D eigenvalue weighted by molar-refractivity contribution is 7.86. The van der Waals surface area contributed by atoms with Crippen LogP contribution in [-0.2, 0) is 17.0 Å². The zero-order chi connectivity index (χ0) is 15.9. The van der Waals surface area contributed by atoms with Gasteiger partial charge in [-0.05, 0) is 37.8 Å². The minimum Gasteiger partial charge on any atom is -0.292 e. The van der Waals surface area contributed by atoms with Gasteiger partial charge < -0.3 is 0 Å². The van der Waals surface area contributed by atoms with Crippen molar-refractivity contribution in [3.05, 3.63) is 29.6 Å². The van der Waals surface area contributed by atoms with Gasteiger partial charge in [-0.25, -0.2) is 0 Å². The summed E-state index contributed by atoms with van der Waals surface area (Å²) in [7, 11) is -0.947. The minimum atomic E-state index is -4.59. The number of alkyl halides is 3. The largest absolute Gasteiger partial charge is 0.418 e. The van der Waals surface area contributed by atoms with E-state index in [4.69, 9.17) is 0 Å². The number of fused-ring (bicyclic) bond motifs is 2. The van der Waals surface area contributed by atoms with Crippen molar-refractivity contribution < 1.29 is 22.2 Å². The highest BCUT2D eigenvalue weighted by atomic mass is 32.2. The van der Waals surface area contributed by atoms with E-state index in [-0.39, 0.29) is 10.5 Å². The van der Waals surface area contributed by atoms with Crippen molar-refractivity contribution in [3.8, 4) is 0 Å². The fourth-order valence-electron chi connectivity index (χ4n) is 3.47. The van der Waals surface area contributed by atoms with Crippen LogP contribution in [0.4, 0.5) is 13.2 Å². The second kappa shape index (κ2) is 5.76. The molecule has 3 heterocycles. The Morgan fingerprint density at radius 3 is 2.45 bits per heavy atom. The van der Waals surface area contributed by atoms with Crippen LogP contribution in [0.25, 0.3) is 0 Å². The van der Waals surface area contributed by atoms with E-state index in [9.17, 15) is 22.2 Å². The maximum atomic E-state index is 13.0. The fourth-order valence-corrected chi connectivity index (χ4v) is 5.66. The molecule has 2 bridgehead atoms.